The minimum Gasteiger partial charge on any atom is -0.450 e. The van der Waals surface area contributed by atoms with Crippen LogP contribution in [0.15, 0.2) is 52.9 Å². The molecule has 3 aliphatic rings. The number of anilines is 1. The third-order valence-electron chi connectivity index (χ3n) is 6.85. The Hall–Kier alpha value is -3.12. The van der Waals surface area contributed by atoms with Crippen LogP contribution in [0, 0.1) is 11.3 Å². The SMILES string of the molecule is CC(C)(C)C(=O)Nc1cccc(-c2cccc3cc(C(=O)NC4CN5CCC4CC5)oc23)c1. The zero-order chi connectivity index (χ0) is 23.2. The Labute approximate surface area is 194 Å². The Balaban J connectivity index is 1.40. The van der Waals surface area contributed by atoms with E-state index < -0.39 is 5.41 Å². The third-order valence-corrected chi connectivity index (χ3v) is 6.85. The van der Waals surface area contributed by atoms with E-state index in [1.165, 1.54) is 0 Å². The normalized spacial score (nSPS) is 22.3. The molecule has 6 rings (SSSR count). The summed E-state index contributed by atoms with van der Waals surface area (Å²) in [5, 5.41) is 7.08. The summed E-state index contributed by atoms with van der Waals surface area (Å²) in [6.45, 7) is 8.87. The predicted molar refractivity (Wildman–Crippen MR) is 130 cm³/mol. The molecule has 3 fully saturated rings. The van der Waals surface area contributed by atoms with Gasteiger partial charge in [0.05, 0.1) is 0 Å². The first-order valence-corrected chi connectivity index (χ1v) is 11.8. The van der Waals surface area contributed by atoms with Crippen LogP contribution in [-0.4, -0.2) is 42.4 Å². The molecule has 1 atom stereocenters. The van der Waals surface area contributed by atoms with Gasteiger partial charge in [-0.2, -0.15) is 0 Å². The summed E-state index contributed by atoms with van der Waals surface area (Å²) >= 11 is 0. The molecule has 2 amide bonds. The molecule has 4 heterocycles. The van der Waals surface area contributed by atoms with Crippen molar-refractivity contribution in [2.24, 2.45) is 11.3 Å². The second-order valence-corrected chi connectivity index (χ2v) is 10.3. The van der Waals surface area contributed by atoms with Crippen LogP contribution in [0.25, 0.3) is 22.1 Å². The molecule has 0 spiro atoms. The molecule has 1 unspecified atom stereocenters. The minimum atomic E-state index is -0.478. The van der Waals surface area contributed by atoms with Crippen LogP contribution in [-0.2, 0) is 4.79 Å². The van der Waals surface area contributed by atoms with Crippen molar-refractivity contribution >= 4 is 28.5 Å². The van der Waals surface area contributed by atoms with E-state index >= 15 is 0 Å². The lowest BCUT2D eigenvalue weighted by Gasteiger charge is -2.44. The van der Waals surface area contributed by atoms with Gasteiger partial charge in [0.1, 0.15) is 5.58 Å². The zero-order valence-corrected chi connectivity index (χ0v) is 19.5. The Morgan fingerprint density at radius 1 is 1.03 bits per heavy atom. The highest BCUT2D eigenvalue weighted by Gasteiger charge is 2.35. The summed E-state index contributed by atoms with van der Waals surface area (Å²) in [7, 11) is 0. The monoisotopic (exact) mass is 445 g/mol. The first-order chi connectivity index (χ1) is 15.8. The Morgan fingerprint density at radius 2 is 1.79 bits per heavy atom. The quantitative estimate of drug-likeness (QED) is 0.599. The number of hydrogen-bond donors (Lipinski definition) is 2. The fourth-order valence-corrected chi connectivity index (χ4v) is 4.85. The number of piperidine rings is 3. The maximum absolute atomic E-state index is 13.0. The second kappa shape index (κ2) is 8.34. The van der Waals surface area contributed by atoms with Crippen LogP contribution < -0.4 is 10.6 Å². The number of nitrogens with zero attached hydrogens (tertiary/aromatic N) is 1. The fraction of sp³-hybridized carbons (Fsp3) is 0.407. The molecule has 0 radical (unpaired) electrons. The van der Waals surface area contributed by atoms with Gasteiger partial charge in [-0.3, -0.25) is 9.59 Å². The molecule has 0 aliphatic carbocycles. The highest BCUT2D eigenvalue weighted by atomic mass is 16.3. The van der Waals surface area contributed by atoms with Crippen molar-refractivity contribution in [2.45, 2.75) is 39.7 Å². The summed E-state index contributed by atoms with van der Waals surface area (Å²) in [6.07, 6.45) is 2.30. The largest absolute Gasteiger partial charge is 0.450 e. The maximum Gasteiger partial charge on any atom is 0.287 e. The number of amides is 2. The van der Waals surface area contributed by atoms with Gasteiger partial charge in [-0.1, -0.05) is 51.1 Å². The van der Waals surface area contributed by atoms with E-state index in [0.717, 1.165) is 54.7 Å². The molecule has 6 nitrogen and oxygen atoms in total. The fourth-order valence-electron chi connectivity index (χ4n) is 4.85. The summed E-state index contributed by atoms with van der Waals surface area (Å²) in [5.74, 6) is 0.709. The molecule has 2 N–H and O–H groups in total. The van der Waals surface area contributed by atoms with Gasteiger partial charge in [0.15, 0.2) is 5.76 Å². The lowest BCUT2D eigenvalue weighted by Crippen LogP contribution is -2.57. The summed E-state index contributed by atoms with van der Waals surface area (Å²) in [5.41, 5.74) is 2.74. The molecule has 2 aromatic carbocycles. The van der Waals surface area contributed by atoms with Crippen LogP contribution in [0.4, 0.5) is 5.69 Å². The van der Waals surface area contributed by atoms with Gasteiger partial charge in [0, 0.05) is 34.6 Å². The molecule has 0 saturated carbocycles. The zero-order valence-electron chi connectivity index (χ0n) is 19.5. The predicted octanol–water partition coefficient (Wildman–Crippen LogP) is 4.91. The number of furan rings is 1. The highest BCUT2D eigenvalue weighted by molar-refractivity contribution is 6.01. The minimum absolute atomic E-state index is 0.0393. The van der Waals surface area contributed by atoms with Crippen molar-refractivity contribution in [3.8, 4) is 11.1 Å². The van der Waals surface area contributed by atoms with E-state index in [-0.39, 0.29) is 17.9 Å². The lowest BCUT2D eigenvalue weighted by atomic mass is 9.84. The molecule has 2 bridgehead atoms. The number of para-hydroxylation sites is 1. The highest BCUT2D eigenvalue weighted by Crippen LogP contribution is 2.33. The Bertz CT molecular complexity index is 1200. The van der Waals surface area contributed by atoms with Crippen LogP contribution in [0.3, 0.4) is 0 Å². The summed E-state index contributed by atoms with van der Waals surface area (Å²) in [4.78, 5) is 27.8. The van der Waals surface area contributed by atoms with Gasteiger partial charge in [0.25, 0.3) is 5.91 Å². The number of rotatable bonds is 4. The number of hydrogen-bond acceptors (Lipinski definition) is 4. The number of carbonyl (C=O) groups excluding carboxylic acids is 2. The average molecular weight is 446 g/mol. The van der Waals surface area contributed by atoms with Crippen LogP contribution >= 0.6 is 0 Å². The number of fused-ring (bicyclic) bond motifs is 4. The van der Waals surface area contributed by atoms with E-state index in [2.05, 4.69) is 15.5 Å². The molecule has 3 aromatic rings. The lowest BCUT2D eigenvalue weighted by molar-refractivity contribution is -0.123. The molecule has 6 heteroatoms. The van der Waals surface area contributed by atoms with Gasteiger partial charge in [-0.25, -0.2) is 0 Å². The molecule has 3 aliphatic heterocycles. The van der Waals surface area contributed by atoms with E-state index in [1.807, 2.05) is 69.3 Å². The standard InChI is InChI=1S/C27H31N3O3/c1-27(2,3)26(32)28-20-8-4-6-18(14-20)21-9-5-7-19-15-23(33-24(19)21)25(31)29-22-16-30-12-10-17(22)11-13-30/h4-9,14-15,17,22H,10-13,16H2,1-3H3,(H,28,32)(H,29,31). The van der Waals surface area contributed by atoms with E-state index in [9.17, 15) is 9.59 Å². The average Bonchev–Trinajstić information content (AvgIpc) is 3.24. The van der Waals surface area contributed by atoms with E-state index in [0.29, 0.717) is 17.3 Å². The van der Waals surface area contributed by atoms with Gasteiger partial charge in [-0.05, 0) is 55.6 Å². The Morgan fingerprint density at radius 3 is 2.48 bits per heavy atom. The molecule has 33 heavy (non-hydrogen) atoms. The van der Waals surface area contributed by atoms with Gasteiger partial charge >= 0.3 is 0 Å². The van der Waals surface area contributed by atoms with Gasteiger partial charge in [0.2, 0.25) is 5.91 Å². The van der Waals surface area contributed by atoms with Crippen LogP contribution in [0.5, 0.6) is 0 Å². The van der Waals surface area contributed by atoms with E-state index in [1.54, 1.807) is 0 Å². The summed E-state index contributed by atoms with van der Waals surface area (Å²) < 4.78 is 6.10. The van der Waals surface area contributed by atoms with Gasteiger partial charge in [-0.15, -0.1) is 0 Å². The van der Waals surface area contributed by atoms with Crippen molar-refractivity contribution in [1.29, 1.82) is 0 Å². The second-order valence-electron chi connectivity index (χ2n) is 10.3. The Kier molecular flexibility index (Phi) is 5.49. The summed E-state index contributed by atoms with van der Waals surface area (Å²) in [6, 6.07) is 15.6. The molecular weight excluding hydrogens is 414 g/mol. The van der Waals surface area contributed by atoms with E-state index in [4.69, 9.17) is 4.42 Å². The molecule has 172 valence electrons. The maximum atomic E-state index is 13.0. The smallest absolute Gasteiger partial charge is 0.287 e. The third kappa shape index (κ3) is 4.40. The van der Waals surface area contributed by atoms with Crippen LogP contribution in [0.1, 0.15) is 44.2 Å². The molecular formula is C27H31N3O3. The van der Waals surface area contributed by atoms with Crippen molar-refractivity contribution < 1.29 is 14.0 Å². The van der Waals surface area contributed by atoms with Crippen molar-refractivity contribution in [1.82, 2.24) is 10.2 Å². The first-order valence-electron chi connectivity index (χ1n) is 11.8. The van der Waals surface area contributed by atoms with Crippen molar-refractivity contribution in [2.75, 3.05) is 25.0 Å². The topological polar surface area (TPSA) is 74.6 Å². The van der Waals surface area contributed by atoms with Crippen molar-refractivity contribution in [3.05, 3.63) is 54.3 Å². The number of nitrogens with one attached hydrogen (secondary N) is 2. The number of carbonyl (C=O) groups is 2. The number of benzene rings is 2. The molecule has 1 aromatic heterocycles. The van der Waals surface area contributed by atoms with Gasteiger partial charge < -0.3 is 20.0 Å². The molecule has 3 saturated heterocycles. The first kappa shape index (κ1) is 21.7. The van der Waals surface area contributed by atoms with Crippen LogP contribution in [0.2, 0.25) is 0 Å². The van der Waals surface area contributed by atoms with Crippen molar-refractivity contribution in [3.63, 3.8) is 0 Å².